The maximum absolute atomic E-state index is 13.8. The summed E-state index contributed by atoms with van der Waals surface area (Å²) < 4.78 is 23.7. The number of hydrogen-bond donors (Lipinski definition) is 0. The molecule has 4 heteroatoms. The van der Waals surface area contributed by atoms with Gasteiger partial charge in [-0.3, -0.25) is 0 Å². The lowest BCUT2D eigenvalue weighted by atomic mass is 10.1. The predicted molar refractivity (Wildman–Crippen MR) is 65.8 cm³/mol. The molecule has 0 N–H and O–H groups in total. The number of halogens is 1. The van der Waals surface area contributed by atoms with Crippen LogP contribution in [0.2, 0.25) is 0 Å². The Morgan fingerprint density at radius 1 is 1.56 bits per heavy atom. The summed E-state index contributed by atoms with van der Waals surface area (Å²) in [4.78, 5) is 11.3. The average Bonchev–Trinajstić information content (AvgIpc) is 2.92. The Bertz CT molecular complexity index is 462. The number of ether oxygens (including phenoxy) is 2. The number of methoxy groups -OCH3 is 1. The van der Waals surface area contributed by atoms with Gasteiger partial charge in [-0.15, -0.1) is 0 Å². The first-order valence-corrected chi connectivity index (χ1v) is 5.88. The first kappa shape index (κ1) is 12.8. The second kappa shape index (κ2) is 5.78. The molecule has 0 aliphatic carbocycles. The van der Waals surface area contributed by atoms with Crippen molar-refractivity contribution in [3.63, 3.8) is 0 Å². The fourth-order valence-corrected chi connectivity index (χ4v) is 1.92. The van der Waals surface area contributed by atoms with Gasteiger partial charge in [0.2, 0.25) is 0 Å². The van der Waals surface area contributed by atoms with Gasteiger partial charge in [0.1, 0.15) is 11.9 Å². The molecular formula is C14H15FO3. The molecule has 1 heterocycles. The second-order valence-corrected chi connectivity index (χ2v) is 4.15. The number of carbonyl (C=O) groups is 1. The van der Waals surface area contributed by atoms with Gasteiger partial charge in [-0.25, -0.2) is 9.18 Å². The Kier molecular flexibility index (Phi) is 4.10. The van der Waals surface area contributed by atoms with Gasteiger partial charge in [0.15, 0.2) is 0 Å². The molecule has 2 rings (SSSR count). The molecule has 0 spiro atoms. The molecular weight excluding hydrogens is 235 g/mol. The summed E-state index contributed by atoms with van der Waals surface area (Å²) in [6.07, 6.45) is 2.56. The molecule has 0 saturated carbocycles. The van der Waals surface area contributed by atoms with Gasteiger partial charge >= 0.3 is 5.97 Å². The summed E-state index contributed by atoms with van der Waals surface area (Å²) in [6, 6.07) is 6.66. The molecule has 1 aliphatic heterocycles. The molecule has 0 radical (unpaired) electrons. The van der Waals surface area contributed by atoms with Crippen molar-refractivity contribution in [3.05, 3.63) is 41.2 Å². The maximum Gasteiger partial charge on any atom is 0.337 e. The average molecular weight is 250 g/mol. The minimum absolute atomic E-state index is 0.297. The van der Waals surface area contributed by atoms with Gasteiger partial charge in [0.25, 0.3) is 0 Å². The number of carbonyl (C=O) groups excluding carboxylic acids is 1. The molecule has 0 bridgehead atoms. The summed E-state index contributed by atoms with van der Waals surface area (Å²) in [5, 5.41) is 0. The van der Waals surface area contributed by atoms with Crippen LogP contribution in [0.3, 0.4) is 0 Å². The van der Waals surface area contributed by atoms with Gasteiger partial charge in [0, 0.05) is 6.61 Å². The van der Waals surface area contributed by atoms with Crippen molar-refractivity contribution in [1.82, 2.24) is 0 Å². The van der Waals surface area contributed by atoms with E-state index < -0.39 is 12.1 Å². The lowest BCUT2D eigenvalue weighted by Crippen LogP contribution is -2.05. The van der Waals surface area contributed by atoms with Crippen LogP contribution >= 0.6 is 0 Å². The van der Waals surface area contributed by atoms with Crippen molar-refractivity contribution in [3.8, 4) is 0 Å². The third kappa shape index (κ3) is 2.96. The lowest BCUT2D eigenvalue weighted by Gasteiger charge is -2.06. The van der Waals surface area contributed by atoms with Gasteiger partial charge in [0.05, 0.1) is 12.7 Å². The lowest BCUT2D eigenvalue weighted by molar-refractivity contribution is 0.0600. The van der Waals surface area contributed by atoms with E-state index in [4.69, 9.17) is 4.74 Å². The summed E-state index contributed by atoms with van der Waals surface area (Å²) in [5.41, 5.74) is 1.04. The van der Waals surface area contributed by atoms with Crippen LogP contribution in [0.4, 0.5) is 4.39 Å². The molecule has 1 aromatic rings. The highest BCUT2D eigenvalue weighted by Gasteiger charge is 2.20. The monoisotopic (exact) mass is 250 g/mol. The van der Waals surface area contributed by atoms with Crippen molar-refractivity contribution in [2.24, 2.45) is 0 Å². The number of hydrogen-bond acceptors (Lipinski definition) is 3. The van der Waals surface area contributed by atoms with Gasteiger partial charge in [-0.1, -0.05) is 12.1 Å². The van der Waals surface area contributed by atoms with Crippen LogP contribution in [-0.4, -0.2) is 25.8 Å². The van der Waals surface area contributed by atoms with E-state index >= 15 is 0 Å². The van der Waals surface area contributed by atoms with Crippen LogP contribution in [0.25, 0.3) is 6.08 Å². The molecule has 1 unspecified atom stereocenters. The van der Waals surface area contributed by atoms with Crippen molar-refractivity contribution in [2.45, 2.75) is 18.9 Å². The van der Waals surface area contributed by atoms with E-state index in [1.165, 1.54) is 13.2 Å². The Labute approximate surface area is 105 Å². The van der Waals surface area contributed by atoms with E-state index in [0.717, 1.165) is 6.42 Å². The van der Waals surface area contributed by atoms with E-state index in [0.29, 0.717) is 24.2 Å². The summed E-state index contributed by atoms with van der Waals surface area (Å²) >= 11 is 0. The molecule has 1 fully saturated rings. The Morgan fingerprint density at radius 2 is 2.39 bits per heavy atom. The molecule has 1 aliphatic rings. The normalized spacial score (nSPS) is 19.9. The van der Waals surface area contributed by atoms with Crippen molar-refractivity contribution in [2.75, 3.05) is 13.7 Å². The Balaban J connectivity index is 2.17. The van der Waals surface area contributed by atoms with E-state index in [1.807, 2.05) is 0 Å². The van der Waals surface area contributed by atoms with Crippen LogP contribution < -0.4 is 0 Å². The SMILES string of the molecule is COC(=O)c1cccc(/C=C(\F)C2CCCO2)c1. The predicted octanol–water partition coefficient (Wildman–Crippen LogP) is 2.96. The third-order valence-corrected chi connectivity index (χ3v) is 2.85. The van der Waals surface area contributed by atoms with Crippen LogP contribution in [0.15, 0.2) is 30.1 Å². The molecule has 96 valence electrons. The minimum atomic E-state index is -0.438. The number of benzene rings is 1. The summed E-state index contributed by atoms with van der Waals surface area (Å²) in [7, 11) is 1.32. The summed E-state index contributed by atoms with van der Waals surface area (Å²) in [5.74, 6) is -0.725. The highest BCUT2D eigenvalue weighted by molar-refractivity contribution is 5.90. The molecule has 3 nitrogen and oxygen atoms in total. The molecule has 0 amide bonds. The highest BCUT2D eigenvalue weighted by atomic mass is 19.1. The van der Waals surface area contributed by atoms with Crippen LogP contribution in [0, 0.1) is 0 Å². The molecule has 1 aromatic carbocycles. The second-order valence-electron chi connectivity index (χ2n) is 4.15. The standard InChI is InChI=1S/C14H15FO3/c1-17-14(16)11-5-2-4-10(8-11)9-12(15)13-6-3-7-18-13/h2,4-5,8-9,13H,3,6-7H2,1H3/b12-9-. The van der Waals surface area contributed by atoms with Crippen molar-refractivity contribution in [1.29, 1.82) is 0 Å². The van der Waals surface area contributed by atoms with Crippen molar-refractivity contribution < 1.29 is 18.7 Å². The van der Waals surface area contributed by atoms with E-state index in [1.54, 1.807) is 24.3 Å². The first-order chi connectivity index (χ1) is 8.70. The van der Waals surface area contributed by atoms with E-state index in [2.05, 4.69) is 4.74 Å². The zero-order chi connectivity index (χ0) is 13.0. The zero-order valence-electron chi connectivity index (χ0n) is 10.2. The summed E-state index contributed by atoms with van der Waals surface area (Å²) in [6.45, 7) is 0.605. The van der Waals surface area contributed by atoms with Gasteiger partial charge in [-0.2, -0.15) is 0 Å². The molecule has 18 heavy (non-hydrogen) atoms. The van der Waals surface area contributed by atoms with E-state index in [9.17, 15) is 9.18 Å². The topological polar surface area (TPSA) is 35.5 Å². The number of rotatable bonds is 3. The fraction of sp³-hybridized carbons (Fsp3) is 0.357. The van der Waals surface area contributed by atoms with Gasteiger partial charge < -0.3 is 9.47 Å². The fourth-order valence-electron chi connectivity index (χ4n) is 1.92. The van der Waals surface area contributed by atoms with E-state index in [-0.39, 0.29) is 5.83 Å². The number of esters is 1. The van der Waals surface area contributed by atoms with Crippen LogP contribution in [0.1, 0.15) is 28.8 Å². The van der Waals surface area contributed by atoms with Crippen molar-refractivity contribution >= 4 is 12.0 Å². The largest absolute Gasteiger partial charge is 0.465 e. The third-order valence-electron chi connectivity index (χ3n) is 2.85. The smallest absolute Gasteiger partial charge is 0.337 e. The minimum Gasteiger partial charge on any atom is -0.465 e. The molecule has 1 saturated heterocycles. The zero-order valence-corrected chi connectivity index (χ0v) is 10.2. The van der Waals surface area contributed by atoms with Crippen LogP contribution in [-0.2, 0) is 9.47 Å². The van der Waals surface area contributed by atoms with Gasteiger partial charge in [-0.05, 0) is 36.6 Å². The Hall–Kier alpha value is -1.68. The maximum atomic E-state index is 13.8. The van der Waals surface area contributed by atoms with Crippen LogP contribution in [0.5, 0.6) is 0 Å². The quantitative estimate of drug-likeness (QED) is 0.774. The highest BCUT2D eigenvalue weighted by Crippen LogP contribution is 2.23. The Morgan fingerprint density at radius 3 is 3.06 bits per heavy atom. The molecule has 0 aromatic heterocycles. The first-order valence-electron chi connectivity index (χ1n) is 5.88. The molecule has 1 atom stereocenters.